The van der Waals surface area contributed by atoms with Gasteiger partial charge in [-0.15, -0.1) is 0 Å². The van der Waals surface area contributed by atoms with Crippen LogP contribution in [0.25, 0.3) is 76.9 Å². The molecule has 1 aliphatic rings. The molecule has 1 aromatic heterocycles. The second kappa shape index (κ2) is 12.1. The molecule has 0 unspecified atom stereocenters. The third kappa shape index (κ3) is 4.88. The van der Waals surface area contributed by atoms with E-state index >= 15 is 0 Å². The summed E-state index contributed by atoms with van der Waals surface area (Å²) in [7, 11) is 0. The van der Waals surface area contributed by atoms with Gasteiger partial charge >= 0.3 is 0 Å². The van der Waals surface area contributed by atoms with Crippen molar-refractivity contribution in [2.45, 2.75) is 19.3 Å². The lowest BCUT2D eigenvalue weighted by atomic mass is 9.82. The molecular weight excluding hydrogens is 667 g/mol. The van der Waals surface area contributed by atoms with Crippen molar-refractivity contribution in [1.29, 1.82) is 0 Å². The van der Waals surface area contributed by atoms with Crippen molar-refractivity contribution in [3.05, 3.63) is 199 Å². The molecule has 1 aliphatic carbocycles. The third-order valence-electron chi connectivity index (χ3n) is 10.7. The lowest BCUT2D eigenvalue weighted by Crippen LogP contribution is -2.16. The summed E-state index contributed by atoms with van der Waals surface area (Å²) in [6.45, 7) is 4.42. The molecule has 2 nitrogen and oxygen atoms in total. The predicted octanol–water partition coefficient (Wildman–Crippen LogP) is 15.0. The normalized spacial score (nSPS) is 16.9. The minimum absolute atomic E-state index is 0.0125. The SMILES string of the molecule is [2H]c1c([2H])c(-c2ccc(N(c3ccccc3)c3ccc4c(c3)C(C)(C)c3ccccc3-4)cc2)c2c(oc3c4c([2H])c([2H])c([2H])c([2H])c4c(-c4c([2H])c([2H])c5c([2H])c([2H])c([2H])c([2H])c5c4[2H])c([2H])c32)c1[2H]. The number of hydrogen-bond acceptors (Lipinski definition) is 2. The molecule has 1 heterocycles. The fraction of sp³-hybridized carbons (Fsp3) is 0.0566. The summed E-state index contributed by atoms with van der Waals surface area (Å²) < 4.78 is 141. The molecule has 11 rings (SSSR count). The maximum atomic E-state index is 9.98. The number of rotatable bonds is 5. The summed E-state index contributed by atoms with van der Waals surface area (Å²) in [5, 5.41) is -1.65. The van der Waals surface area contributed by atoms with E-state index in [1.807, 2.05) is 48.5 Å². The van der Waals surface area contributed by atoms with Crippen molar-refractivity contribution < 1.29 is 25.0 Å². The average molecular weight is 719 g/mol. The summed E-state index contributed by atoms with van der Waals surface area (Å²) in [4.78, 5) is 2.10. The summed E-state index contributed by atoms with van der Waals surface area (Å²) in [5.74, 6) is 0. The molecule has 0 amide bonds. The summed E-state index contributed by atoms with van der Waals surface area (Å²) in [5.41, 5.74) is 5.96. The first-order valence-electron chi connectivity index (χ1n) is 25.4. The Balaban J connectivity index is 1.19. The number of benzene rings is 9. The first-order chi connectivity index (χ1) is 33.3. The van der Waals surface area contributed by atoms with Gasteiger partial charge < -0.3 is 9.32 Å². The number of para-hydroxylation sites is 1. The van der Waals surface area contributed by atoms with Crippen LogP contribution in [0.15, 0.2) is 192 Å². The van der Waals surface area contributed by atoms with Gasteiger partial charge in [0.05, 0.1) is 20.6 Å². The van der Waals surface area contributed by atoms with E-state index in [-0.39, 0.29) is 43.7 Å². The average Bonchev–Trinajstić information content (AvgIpc) is 3.86. The van der Waals surface area contributed by atoms with Gasteiger partial charge in [0.2, 0.25) is 0 Å². The van der Waals surface area contributed by atoms with Crippen molar-refractivity contribution >= 4 is 60.5 Å². The molecule has 10 aromatic rings. The van der Waals surface area contributed by atoms with Gasteiger partial charge in [-0.2, -0.15) is 0 Å². The molecular formula is C53H37NO. The number of fused-ring (bicyclic) bond motifs is 9. The zero-order valence-electron chi connectivity index (χ0n) is 44.6. The highest BCUT2D eigenvalue weighted by molar-refractivity contribution is 6.22. The molecule has 0 bridgehead atoms. The van der Waals surface area contributed by atoms with Crippen LogP contribution in [-0.2, 0) is 5.41 Å². The van der Waals surface area contributed by atoms with E-state index in [0.717, 1.165) is 22.6 Å². The van der Waals surface area contributed by atoms with E-state index < -0.39 is 113 Å². The van der Waals surface area contributed by atoms with Crippen LogP contribution in [-0.4, -0.2) is 0 Å². The van der Waals surface area contributed by atoms with Crippen LogP contribution in [0, 0.1) is 0 Å². The summed E-state index contributed by atoms with van der Waals surface area (Å²) in [6, 6.07) is 22.3. The van der Waals surface area contributed by atoms with Crippen LogP contribution in [0.2, 0.25) is 0 Å². The quantitative estimate of drug-likeness (QED) is 0.176. The Morgan fingerprint density at radius 1 is 0.491 bits per heavy atom. The van der Waals surface area contributed by atoms with Crippen molar-refractivity contribution in [2.75, 3.05) is 4.90 Å². The van der Waals surface area contributed by atoms with E-state index in [1.54, 1.807) is 12.1 Å². The Morgan fingerprint density at radius 3 is 2.05 bits per heavy atom. The monoisotopic (exact) mass is 718 g/mol. The van der Waals surface area contributed by atoms with Gasteiger partial charge in [0.1, 0.15) is 11.2 Å². The van der Waals surface area contributed by atoms with Gasteiger partial charge in [-0.1, -0.05) is 147 Å². The smallest absolute Gasteiger partial charge is 0.143 e. The molecule has 0 saturated carbocycles. The Bertz CT molecular complexity index is 3980. The summed E-state index contributed by atoms with van der Waals surface area (Å²) >= 11 is 0. The van der Waals surface area contributed by atoms with Gasteiger partial charge in [0.25, 0.3) is 0 Å². The zero-order valence-corrected chi connectivity index (χ0v) is 29.6. The van der Waals surface area contributed by atoms with Gasteiger partial charge in [0.15, 0.2) is 0 Å². The third-order valence-corrected chi connectivity index (χ3v) is 10.7. The fourth-order valence-corrected chi connectivity index (χ4v) is 8.07. The molecule has 260 valence electrons. The molecule has 0 N–H and O–H groups in total. The predicted molar refractivity (Wildman–Crippen MR) is 232 cm³/mol. The van der Waals surface area contributed by atoms with Crippen molar-refractivity contribution in [3.8, 4) is 33.4 Å². The van der Waals surface area contributed by atoms with Gasteiger partial charge in [-0.05, 0) is 115 Å². The van der Waals surface area contributed by atoms with E-state index in [0.29, 0.717) is 5.56 Å². The van der Waals surface area contributed by atoms with E-state index in [9.17, 15) is 6.85 Å². The minimum Gasteiger partial charge on any atom is -0.455 e. The number of anilines is 3. The molecule has 55 heavy (non-hydrogen) atoms. The zero-order chi connectivity index (χ0) is 49.7. The van der Waals surface area contributed by atoms with Gasteiger partial charge in [-0.3, -0.25) is 0 Å². The van der Waals surface area contributed by atoms with Crippen LogP contribution in [0.4, 0.5) is 17.1 Å². The lowest BCUT2D eigenvalue weighted by molar-refractivity contribution is 0.660. The fourth-order valence-electron chi connectivity index (χ4n) is 8.07. The topological polar surface area (TPSA) is 16.4 Å². The van der Waals surface area contributed by atoms with Gasteiger partial charge in [0, 0.05) is 38.6 Å². The van der Waals surface area contributed by atoms with Crippen LogP contribution in [0.1, 0.15) is 45.5 Å². The Labute approximate surface area is 341 Å². The van der Waals surface area contributed by atoms with E-state index in [4.69, 9.17) is 18.1 Å². The second-order valence-corrected chi connectivity index (χ2v) is 14.1. The maximum absolute atomic E-state index is 9.98. The van der Waals surface area contributed by atoms with E-state index in [1.165, 1.54) is 16.7 Å². The maximum Gasteiger partial charge on any atom is 0.143 e. The van der Waals surface area contributed by atoms with Crippen LogP contribution < -0.4 is 4.90 Å². The van der Waals surface area contributed by atoms with Crippen LogP contribution in [0.5, 0.6) is 0 Å². The molecule has 2 heteroatoms. The lowest BCUT2D eigenvalue weighted by Gasteiger charge is -2.28. The Morgan fingerprint density at radius 2 is 1.20 bits per heavy atom. The highest BCUT2D eigenvalue weighted by Gasteiger charge is 2.35. The van der Waals surface area contributed by atoms with Crippen molar-refractivity contribution in [1.82, 2.24) is 0 Å². The molecule has 0 aliphatic heterocycles. The standard InChI is InChI=1S/C53H37NO/c1-53(2)48-21-11-10-18-43(48)44-30-29-40(32-49(44)53)54(38-15-4-3-5-16-38)39-27-25-35(26-28-39)41-20-12-22-50-51(41)47-33-46(42-17-8-9-19-45(42)52(47)55-50)37-24-23-34-13-6-7-14-36(34)31-37/h3-33H,1-2H3/i6D,7D,8D,9D,12D,13D,14D,17D,19D,20D,22D,23D,24D,31D,33D. The molecule has 0 radical (unpaired) electrons. The van der Waals surface area contributed by atoms with Gasteiger partial charge in [-0.25, -0.2) is 0 Å². The summed E-state index contributed by atoms with van der Waals surface area (Å²) in [6.07, 6.45) is 0. The highest BCUT2D eigenvalue weighted by Crippen LogP contribution is 2.51. The largest absolute Gasteiger partial charge is 0.455 e. The number of hydrogen-bond donors (Lipinski definition) is 0. The minimum atomic E-state index is -0.733. The molecule has 9 aromatic carbocycles. The number of nitrogens with zero attached hydrogens (tertiary/aromatic N) is 1. The van der Waals surface area contributed by atoms with Crippen molar-refractivity contribution in [3.63, 3.8) is 0 Å². The molecule has 0 fully saturated rings. The molecule has 0 atom stereocenters. The Hall–Kier alpha value is -6.90. The molecule has 0 saturated heterocycles. The van der Waals surface area contributed by atoms with Crippen LogP contribution >= 0.6 is 0 Å². The first kappa shape index (κ1) is 20.0. The first-order valence-corrected chi connectivity index (χ1v) is 17.9. The van der Waals surface area contributed by atoms with Crippen LogP contribution in [0.3, 0.4) is 0 Å². The molecule has 0 spiro atoms. The second-order valence-electron chi connectivity index (χ2n) is 14.1. The van der Waals surface area contributed by atoms with Crippen molar-refractivity contribution in [2.24, 2.45) is 0 Å². The van der Waals surface area contributed by atoms with E-state index in [2.05, 4.69) is 55.1 Å². The number of furan rings is 1. The highest BCUT2D eigenvalue weighted by atomic mass is 16.3. The Kier molecular flexibility index (Phi) is 4.38.